The molecule has 0 aromatic heterocycles. The minimum absolute atomic E-state index is 0.00670. The predicted molar refractivity (Wildman–Crippen MR) is 111 cm³/mol. The standard InChI is InChI=1S/C24H29NO4/c1-16-7-3-4-8-18(16)23(27)25-14-13-24(28)12-6-5-9-19(24)22(25)17-10-11-20(26)21(15-17)29-2/h3-4,7-8,10-11,15,19,22,26,28H,5-6,9,12-14H2,1-2H3. The van der Waals surface area contributed by atoms with Crippen LogP contribution in [-0.2, 0) is 0 Å². The number of fused-ring (bicyclic) bond motifs is 1. The molecule has 2 aliphatic rings. The van der Waals surface area contributed by atoms with Crippen molar-refractivity contribution in [1.82, 2.24) is 4.90 Å². The van der Waals surface area contributed by atoms with Crippen LogP contribution in [0, 0.1) is 12.8 Å². The van der Waals surface area contributed by atoms with Gasteiger partial charge in [0.25, 0.3) is 5.91 Å². The van der Waals surface area contributed by atoms with Crippen molar-refractivity contribution < 1.29 is 19.7 Å². The van der Waals surface area contributed by atoms with Crippen molar-refractivity contribution in [2.24, 2.45) is 5.92 Å². The molecule has 3 atom stereocenters. The first-order valence-corrected chi connectivity index (χ1v) is 10.4. The Labute approximate surface area is 171 Å². The number of phenols is 1. The highest BCUT2D eigenvalue weighted by atomic mass is 16.5. The molecular formula is C24H29NO4. The number of aromatic hydroxyl groups is 1. The largest absolute Gasteiger partial charge is 0.504 e. The number of nitrogens with zero attached hydrogens (tertiary/aromatic N) is 1. The van der Waals surface area contributed by atoms with Gasteiger partial charge in [-0.15, -0.1) is 0 Å². The lowest BCUT2D eigenvalue weighted by atomic mass is 9.66. The van der Waals surface area contributed by atoms with E-state index in [1.165, 1.54) is 7.11 Å². The second-order valence-electron chi connectivity index (χ2n) is 8.40. The van der Waals surface area contributed by atoms with Gasteiger partial charge >= 0.3 is 0 Å². The first-order valence-electron chi connectivity index (χ1n) is 10.4. The smallest absolute Gasteiger partial charge is 0.254 e. The highest BCUT2D eigenvalue weighted by molar-refractivity contribution is 5.96. The molecule has 5 nitrogen and oxygen atoms in total. The molecule has 2 aromatic carbocycles. The van der Waals surface area contributed by atoms with E-state index in [0.717, 1.165) is 36.8 Å². The Hall–Kier alpha value is -2.53. The number of hydrogen-bond acceptors (Lipinski definition) is 4. The zero-order valence-corrected chi connectivity index (χ0v) is 17.1. The molecule has 2 N–H and O–H groups in total. The second-order valence-corrected chi connectivity index (χ2v) is 8.40. The van der Waals surface area contributed by atoms with E-state index in [-0.39, 0.29) is 23.6 Å². The number of likely N-dealkylation sites (tertiary alicyclic amines) is 1. The number of carbonyl (C=O) groups excluding carboxylic acids is 1. The van der Waals surface area contributed by atoms with Crippen molar-refractivity contribution in [3.63, 3.8) is 0 Å². The maximum atomic E-state index is 13.6. The van der Waals surface area contributed by atoms with Gasteiger partial charge in [-0.05, 0) is 55.5 Å². The molecule has 4 rings (SSSR count). The van der Waals surface area contributed by atoms with Crippen LogP contribution in [0.25, 0.3) is 0 Å². The first-order chi connectivity index (χ1) is 13.9. The maximum Gasteiger partial charge on any atom is 0.254 e. The van der Waals surface area contributed by atoms with Crippen LogP contribution in [-0.4, -0.2) is 40.3 Å². The summed E-state index contributed by atoms with van der Waals surface area (Å²) in [5.74, 6) is 0.415. The van der Waals surface area contributed by atoms with Crippen molar-refractivity contribution in [1.29, 1.82) is 0 Å². The van der Waals surface area contributed by atoms with Crippen molar-refractivity contribution in [3.05, 3.63) is 59.2 Å². The molecule has 2 fully saturated rings. The van der Waals surface area contributed by atoms with Gasteiger partial charge in [-0.1, -0.05) is 37.1 Å². The number of methoxy groups -OCH3 is 1. The van der Waals surface area contributed by atoms with Crippen LogP contribution in [0.2, 0.25) is 0 Å². The minimum Gasteiger partial charge on any atom is -0.504 e. The van der Waals surface area contributed by atoms with E-state index in [2.05, 4.69) is 0 Å². The van der Waals surface area contributed by atoms with Gasteiger partial charge in [0.15, 0.2) is 11.5 Å². The highest BCUT2D eigenvalue weighted by Crippen LogP contribution is 2.50. The normalized spacial score (nSPS) is 26.7. The number of benzene rings is 2. The monoisotopic (exact) mass is 395 g/mol. The lowest BCUT2D eigenvalue weighted by molar-refractivity contribution is -0.115. The Morgan fingerprint density at radius 1 is 1.17 bits per heavy atom. The molecule has 0 spiro atoms. The molecule has 1 heterocycles. The highest BCUT2D eigenvalue weighted by Gasteiger charge is 2.50. The van der Waals surface area contributed by atoms with Crippen molar-refractivity contribution >= 4 is 5.91 Å². The van der Waals surface area contributed by atoms with Gasteiger partial charge in [0.05, 0.1) is 18.8 Å². The number of hydrogen-bond donors (Lipinski definition) is 2. The Kier molecular flexibility index (Phi) is 5.26. The third-order valence-electron chi connectivity index (χ3n) is 6.75. The Morgan fingerprint density at radius 2 is 1.97 bits per heavy atom. The van der Waals surface area contributed by atoms with Crippen LogP contribution in [0.3, 0.4) is 0 Å². The molecule has 1 aliphatic carbocycles. The molecule has 2 aromatic rings. The molecule has 154 valence electrons. The van der Waals surface area contributed by atoms with E-state index >= 15 is 0 Å². The van der Waals surface area contributed by atoms with E-state index < -0.39 is 5.60 Å². The van der Waals surface area contributed by atoms with Crippen LogP contribution >= 0.6 is 0 Å². The molecule has 0 bridgehead atoms. The fourth-order valence-electron chi connectivity index (χ4n) is 5.17. The summed E-state index contributed by atoms with van der Waals surface area (Å²) in [5, 5.41) is 21.5. The summed E-state index contributed by atoms with van der Waals surface area (Å²) >= 11 is 0. The number of carbonyl (C=O) groups is 1. The SMILES string of the molecule is COc1cc(C2C3CCCCC3(O)CCN2C(=O)c2ccccc2C)ccc1O. The lowest BCUT2D eigenvalue weighted by Crippen LogP contribution is -2.56. The van der Waals surface area contributed by atoms with Gasteiger partial charge < -0.3 is 19.8 Å². The summed E-state index contributed by atoms with van der Waals surface area (Å²) in [6.45, 7) is 2.46. The molecule has 1 saturated carbocycles. The summed E-state index contributed by atoms with van der Waals surface area (Å²) in [5.41, 5.74) is 1.79. The summed E-state index contributed by atoms with van der Waals surface area (Å²) < 4.78 is 5.32. The number of ether oxygens (including phenoxy) is 1. The zero-order valence-electron chi connectivity index (χ0n) is 17.1. The fraction of sp³-hybridized carbons (Fsp3) is 0.458. The van der Waals surface area contributed by atoms with Gasteiger partial charge in [-0.2, -0.15) is 0 Å². The fourth-order valence-corrected chi connectivity index (χ4v) is 5.17. The third-order valence-corrected chi connectivity index (χ3v) is 6.75. The molecule has 0 radical (unpaired) electrons. The zero-order chi connectivity index (χ0) is 20.6. The molecule has 3 unspecified atom stereocenters. The van der Waals surface area contributed by atoms with Gasteiger partial charge in [-0.25, -0.2) is 0 Å². The third kappa shape index (κ3) is 3.48. The minimum atomic E-state index is -0.753. The average Bonchev–Trinajstić information content (AvgIpc) is 2.73. The van der Waals surface area contributed by atoms with Crippen molar-refractivity contribution in [3.8, 4) is 11.5 Å². The Morgan fingerprint density at radius 3 is 2.72 bits per heavy atom. The van der Waals surface area contributed by atoms with Gasteiger partial charge in [0.2, 0.25) is 0 Å². The van der Waals surface area contributed by atoms with Gasteiger partial charge in [0, 0.05) is 18.0 Å². The van der Waals surface area contributed by atoms with Crippen LogP contribution in [0.1, 0.15) is 59.6 Å². The van der Waals surface area contributed by atoms with E-state index in [4.69, 9.17) is 4.74 Å². The Balaban J connectivity index is 1.79. The number of aryl methyl sites for hydroxylation is 1. The number of rotatable bonds is 3. The van der Waals surface area contributed by atoms with Crippen LogP contribution in [0.15, 0.2) is 42.5 Å². The molecule has 29 heavy (non-hydrogen) atoms. The molecule has 5 heteroatoms. The maximum absolute atomic E-state index is 13.6. The molecule has 1 aliphatic heterocycles. The second kappa shape index (κ2) is 7.71. The summed E-state index contributed by atoms with van der Waals surface area (Å²) in [4.78, 5) is 15.5. The number of phenolic OH excluding ortho intramolecular Hbond substituents is 1. The van der Waals surface area contributed by atoms with Crippen LogP contribution in [0.5, 0.6) is 11.5 Å². The molecular weight excluding hydrogens is 366 g/mol. The number of aliphatic hydroxyl groups is 1. The first kappa shape index (κ1) is 19.8. The Bertz CT molecular complexity index is 912. The molecule has 1 saturated heterocycles. The van der Waals surface area contributed by atoms with Crippen molar-refractivity contribution in [2.45, 2.75) is 50.7 Å². The summed E-state index contributed by atoms with van der Waals surface area (Å²) in [6, 6.07) is 12.7. The van der Waals surface area contributed by atoms with Crippen LogP contribution in [0.4, 0.5) is 0 Å². The van der Waals surface area contributed by atoms with E-state index in [0.29, 0.717) is 24.3 Å². The quantitative estimate of drug-likeness (QED) is 0.816. The predicted octanol–water partition coefficient (Wildman–Crippen LogP) is 4.22. The number of piperidine rings is 1. The van der Waals surface area contributed by atoms with Crippen LogP contribution < -0.4 is 4.74 Å². The number of amides is 1. The topological polar surface area (TPSA) is 70.0 Å². The van der Waals surface area contributed by atoms with E-state index in [1.54, 1.807) is 12.1 Å². The van der Waals surface area contributed by atoms with E-state index in [9.17, 15) is 15.0 Å². The average molecular weight is 395 g/mol. The summed E-state index contributed by atoms with van der Waals surface area (Å²) in [6.07, 6.45) is 4.31. The summed E-state index contributed by atoms with van der Waals surface area (Å²) in [7, 11) is 1.52. The van der Waals surface area contributed by atoms with E-state index in [1.807, 2.05) is 42.2 Å². The van der Waals surface area contributed by atoms with Gasteiger partial charge in [-0.3, -0.25) is 4.79 Å². The molecule has 1 amide bonds. The van der Waals surface area contributed by atoms with Crippen molar-refractivity contribution in [2.75, 3.05) is 13.7 Å². The lowest BCUT2D eigenvalue weighted by Gasteiger charge is -2.52. The van der Waals surface area contributed by atoms with Gasteiger partial charge in [0.1, 0.15) is 0 Å².